The molecule has 0 bridgehead atoms. The van der Waals surface area contributed by atoms with Gasteiger partial charge in [0.15, 0.2) is 5.54 Å². The summed E-state index contributed by atoms with van der Waals surface area (Å²) in [5, 5.41) is 12.1. The van der Waals surface area contributed by atoms with Crippen LogP contribution >= 0.6 is 0 Å². The monoisotopic (exact) mass is 284 g/mol. The molecule has 2 aromatic carbocycles. The van der Waals surface area contributed by atoms with Gasteiger partial charge in [-0.15, -0.1) is 0 Å². The molecular weight excluding hydrogens is 268 g/mol. The minimum absolute atomic E-state index is 0.352. The van der Waals surface area contributed by atoms with E-state index in [1.807, 2.05) is 60.7 Å². The minimum Gasteiger partial charge on any atom is -0.400 e. The van der Waals surface area contributed by atoms with Gasteiger partial charge in [-0.1, -0.05) is 60.7 Å². The number of carbonyl (C=O) groups excluding carboxylic acids is 2. The third-order valence-electron chi connectivity index (χ3n) is 3.28. The molecule has 21 heavy (non-hydrogen) atoms. The standard InChI is InChI=1S/C15H12N2O2.CH4O/c18-13-15(17-14(19)16-13,11-7-3-1-4-8-11)12-9-5-2-6-10-12;1-2/h1-10H,(H2,16,17,18,19);2H,1H3. The summed E-state index contributed by atoms with van der Waals surface area (Å²) in [6, 6.07) is 18.0. The first-order valence-corrected chi connectivity index (χ1v) is 6.43. The lowest BCUT2D eigenvalue weighted by Crippen LogP contribution is -2.44. The Morgan fingerprint density at radius 3 is 1.57 bits per heavy atom. The Labute approximate surface area is 122 Å². The maximum Gasteiger partial charge on any atom is 0.322 e. The summed E-state index contributed by atoms with van der Waals surface area (Å²) in [5.74, 6) is -0.352. The third kappa shape index (κ3) is 2.51. The van der Waals surface area contributed by atoms with Crippen molar-refractivity contribution in [2.75, 3.05) is 7.11 Å². The Hall–Kier alpha value is -2.66. The van der Waals surface area contributed by atoms with Gasteiger partial charge in [-0.25, -0.2) is 4.79 Å². The average Bonchev–Trinajstić information content (AvgIpc) is 2.86. The van der Waals surface area contributed by atoms with Gasteiger partial charge < -0.3 is 10.4 Å². The summed E-state index contributed by atoms with van der Waals surface area (Å²) in [6.45, 7) is 0. The van der Waals surface area contributed by atoms with Crippen LogP contribution in [0.2, 0.25) is 0 Å². The summed E-state index contributed by atoms with van der Waals surface area (Å²) in [5.41, 5.74) is 0.341. The molecule has 1 saturated heterocycles. The van der Waals surface area contributed by atoms with Gasteiger partial charge in [-0.2, -0.15) is 0 Å². The number of rotatable bonds is 2. The van der Waals surface area contributed by atoms with Crippen molar-refractivity contribution in [3.8, 4) is 0 Å². The second-order valence-electron chi connectivity index (χ2n) is 4.39. The molecule has 3 N–H and O–H groups in total. The Morgan fingerprint density at radius 1 is 0.810 bits per heavy atom. The molecule has 1 fully saturated rings. The SMILES string of the molecule is CO.O=C1NC(=O)C(c2ccccc2)(c2ccccc2)N1. The molecule has 0 aliphatic carbocycles. The van der Waals surface area contributed by atoms with E-state index in [0.717, 1.165) is 18.2 Å². The van der Waals surface area contributed by atoms with Crippen LogP contribution < -0.4 is 10.6 Å². The highest BCUT2D eigenvalue weighted by atomic mass is 16.2. The van der Waals surface area contributed by atoms with E-state index in [-0.39, 0.29) is 5.91 Å². The molecule has 1 heterocycles. The molecule has 0 aromatic heterocycles. The summed E-state index contributed by atoms with van der Waals surface area (Å²) >= 11 is 0. The van der Waals surface area contributed by atoms with E-state index < -0.39 is 11.6 Å². The molecule has 3 amide bonds. The smallest absolute Gasteiger partial charge is 0.322 e. The zero-order valence-corrected chi connectivity index (χ0v) is 11.5. The first kappa shape index (κ1) is 14.7. The Bertz CT molecular complexity index is 587. The lowest BCUT2D eigenvalue weighted by Gasteiger charge is -2.27. The van der Waals surface area contributed by atoms with Crippen molar-refractivity contribution >= 4 is 11.9 Å². The van der Waals surface area contributed by atoms with Gasteiger partial charge >= 0.3 is 6.03 Å². The highest BCUT2D eigenvalue weighted by Gasteiger charge is 2.48. The fourth-order valence-corrected chi connectivity index (χ4v) is 2.40. The molecule has 108 valence electrons. The number of aliphatic hydroxyl groups excluding tert-OH is 1. The van der Waals surface area contributed by atoms with Crippen molar-refractivity contribution in [2.24, 2.45) is 0 Å². The molecule has 0 saturated carbocycles. The number of imide groups is 1. The topological polar surface area (TPSA) is 78.4 Å². The second kappa shape index (κ2) is 6.19. The molecule has 3 rings (SSSR count). The predicted octanol–water partition coefficient (Wildman–Crippen LogP) is 1.38. The molecule has 2 aromatic rings. The molecular formula is C16H16N2O3. The van der Waals surface area contributed by atoms with E-state index in [2.05, 4.69) is 10.6 Å². The van der Waals surface area contributed by atoms with Crippen molar-refractivity contribution in [3.63, 3.8) is 0 Å². The van der Waals surface area contributed by atoms with Gasteiger partial charge in [0, 0.05) is 7.11 Å². The van der Waals surface area contributed by atoms with Crippen LogP contribution in [-0.2, 0) is 10.3 Å². The summed E-state index contributed by atoms with van der Waals surface area (Å²) in [6.07, 6.45) is 0. The highest BCUT2D eigenvalue weighted by Crippen LogP contribution is 2.32. The molecule has 5 nitrogen and oxygen atoms in total. The number of nitrogens with one attached hydrogen (secondary N) is 2. The van der Waals surface area contributed by atoms with Gasteiger partial charge in [0.05, 0.1) is 0 Å². The van der Waals surface area contributed by atoms with Gasteiger partial charge in [-0.3, -0.25) is 10.1 Å². The van der Waals surface area contributed by atoms with Crippen molar-refractivity contribution in [1.82, 2.24) is 10.6 Å². The van der Waals surface area contributed by atoms with Gasteiger partial charge in [0.1, 0.15) is 0 Å². The summed E-state index contributed by atoms with van der Waals surface area (Å²) in [4.78, 5) is 23.9. The van der Waals surface area contributed by atoms with Gasteiger partial charge in [0.2, 0.25) is 0 Å². The van der Waals surface area contributed by atoms with Crippen LogP contribution in [0.15, 0.2) is 60.7 Å². The van der Waals surface area contributed by atoms with Crippen LogP contribution in [0.25, 0.3) is 0 Å². The number of benzene rings is 2. The van der Waals surface area contributed by atoms with E-state index in [9.17, 15) is 9.59 Å². The number of carbonyl (C=O) groups is 2. The van der Waals surface area contributed by atoms with E-state index in [0.29, 0.717) is 0 Å². The van der Waals surface area contributed by atoms with Gasteiger partial charge in [-0.05, 0) is 11.1 Å². The summed E-state index contributed by atoms with van der Waals surface area (Å²) in [7, 11) is 1.00. The normalized spacial score (nSPS) is 15.5. The molecule has 0 radical (unpaired) electrons. The third-order valence-corrected chi connectivity index (χ3v) is 3.28. The van der Waals surface area contributed by atoms with Crippen molar-refractivity contribution in [2.45, 2.75) is 5.54 Å². The number of aliphatic hydroxyl groups is 1. The number of hydrogen-bond acceptors (Lipinski definition) is 3. The van der Waals surface area contributed by atoms with Crippen molar-refractivity contribution in [3.05, 3.63) is 71.8 Å². The fraction of sp³-hybridized carbons (Fsp3) is 0.125. The number of hydrogen-bond donors (Lipinski definition) is 3. The molecule has 5 heteroatoms. The first-order valence-electron chi connectivity index (χ1n) is 6.43. The lowest BCUT2D eigenvalue weighted by atomic mass is 9.83. The molecule has 0 spiro atoms. The fourth-order valence-electron chi connectivity index (χ4n) is 2.40. The van der Waals surface area contributed by atoms with E-state index in [1.54, 1.807) is 0 Å². The summed E-state index contributed by atoms with van der Waals surface area (Å²) < 4.78 is 0. The van der Waals surface area contributed by atoms with Crippen molar-refractivity contribution in [1.29, 1.82) is 0 Å². The number of amides is 3. The van der Waals surface area contributed by atoms with Crippen LogP contribution in [0.3, 0.4) is 0 Å². The zero-order chi connectivity index (χ0) is 15.3. The minimum atomic E-state index is -1.14. The molecule has 0 atom stereocenters. The van der Waals surface area contributed by atoms with E-state index in [1.165, 1.54) is 0 Å². The first-order chi connectivity index (χ1) is 10.2. The molecule has 0 unspecified atom stereocenters. The second-order valence-corrected chi connectivity index (χ2v) is 4.39. The van der Waals surface area contributed by atoms with Crippen LogP contribution in [-0.4, -0.2) is 24.2 Å². The lowest BCUT2D eigenvalue weighted by molar-refractivity contribution is -0.122. The molecule has 1 aliphatic rings. The maximum atomic E-state index is 12.3. The van der Waals surface area contributed by atoms with Crippen LogP contribution in [0.1, 0.15) is 11.1 Å². The Balaban J connectivity index is 0.000000774. The zero-order valence-electron chi connectivity index (χ0n) is 11.5. The largest absolute Gasteiger partial charge is 0.400 e. The average molecular weight is 284 g/mol. The van der Waals surface area contributed by atoms with E-state index in [4.69, 9.17) is 5.11 Å². The predicted molar refractivity (Wildman–Crippen MR) is 78.5 cm³/mol. The van der Waals surface area contributed by atoms with Crippen LogP contribution in [0, 0.1) is 0 Å². The number of urea groups is 1. The van der Waals surface area contributed by atoms with Crippen molar-refractivity contribution < 1.29 is 14.7 Å². The quantitative estimate of drug-likeness (QED) is 0.729. The van der Waals surface area contributed by atoms with Crippen LogP contribution in [0.5, 0.6) is 0 Å². The van der Waals surface area contributed by atoms with Gasteiger partial charge in [0.25, 0.3) is 5.91 Å². The maximum absolute atomic E-state index is 12.3. The van der Waals surface area contributed by atoms with E-state index >= 15 is 0 Å². The highest BCUT2D eigenvalue weighted by molar-refractivity contribution is 6.09. The Kier molecular flexibility index (Phi) is 4.35. The molecule has 1 aliphatic heterocycles. The van der Waals surface area contributed by atoms with Crippen LogP contribution in [0.4, 0.5) is 4.79 Å². The Morgan fingerprint density at radius 2 is 1.24 bits per heavy atom.